The minimum atomic E-state index is -0.565. The fourth-order valence-corrected chi connectivity index (χ4v) is 4.46. The van der Waals surface area contributed by atoms with Gasteiger partial charge in [0.25, 0.3) is 11.6 Å². The Balaban J connectivity index is 1.86. The molecule has 2 aromatic heterocycles. The van der Waals surface area contributed by atoms with E-state index >= 15 is 0 Å². The first-order chi connectivity index (χ1) is 15.4. The molecule has 162 valence electrons. The highest BCUT2D eigenvalue weighted by Crippen LogP contribution is 2.38. The number of rotatable bonds is 6. The fourth-order valence-electron chi connectivity index (χ4n) is 3.22. The molecule has 0 spiro atoms. The van der Waals surface area contributed by atoms with Gasteiger partial charge in [0.2, 0.25) is 0 Å². The van der Waals surface area contributed by atoms with Gasteiger partial charge in [0.15, 0.2) is 5.13 Å². The van der Waals surface area contributed by atoms with Crippen LogP contribution in [-0.4, -0.2) is 27.9 Å². The van der Waals surface area contributed by atoms with Crippen molar-refractivity contribution in [3.05, 3.63) is 86.7 Å². The van der Waals surface area contributed by atoms with Gasteiger partial charge >= 0.3 is 0 Å². The van der Waals surface area contributed by atoms with Crippen molar-refractivity contribution < 1.29 is 14.5 Å². The number of hydrogen-bond acceptors (Lipinski definition) is 7. The molecule has 32 heavy (non-hydrogen) atoms. The van der Waals surface area contributed by atoms with E-state index in [-0.39, 0.29) is 22.8 Å². The normalized spacial score (nSPS) is 10.8. The summed E-state index contributed by atoms with van der Waals surface area (Å²) in [5.41, 5.74) is 2.20. The van der Waals surface area contributed by atoms with E-state index < -0.39 is 10.8 Å². The highest BCUT2D eigenvalue weighted by Gasteiger charge is 2.26. The zero-order valence-corrected chi connectivity index (χ0v) is 18.7. The third-order valence-electron chi connectivity index (χ3n) is 4.84. The fraction of sp³-hybridized carbons (Fsp3) is 0.136. The minimum absolute atomic E-state index is 0.0210. The SMILES string of the molecule is COc1ccc(C)c2sc(N(Cc3cccnc3)C(=O)c3cc([N+](=O)[O-])ccc3Cl)nc12. The first-order valence-electron chi connectivity index (χ1n) is 9.48. The van der Waals surface area contributed by atoms with Crippen LogP contribution in [0.15, 0.2) is 54.9 Å². The Morgan fingerprint density at radius 1 is 1.28 bits per heavy atom. The Morgan fingerprint density at radius 3 is 2.78 bits per heavy atom. The number of benzene rings is 2. The highest BCUT2D eigenvalue weighted by atomic mass is 35.5. The molecule has 0 aliphatic rings. The van der Waals surface area contributed by atoms with E-state index in [1.165, 1.54) is 34.4 Å². The van der Waals surface area contributed by atoms with E-state index in [0.29, 0.717) is 16.4 Å². The predicted octanol–water partition coefficient (Wildman–Crippen LogP) is 5.42. The monoisotopic (exact) mass is 468 g/mol. The number of anilines is 1. The number of amides is 1. The van der Waals surface area contributed by atoms with Crippen LogP contribution in [-0.2, 0) is 6.54 Å². The third kappa shape index (κ3) is 4.12. The minimum Gasteiger partial charge on any atom is -0.494 e. The van der Waals surface area contributed by atoms with Gasteiger partial charge in [-0.05, 0) is 36.2 Å². The van der Waals surface area contributed by atoms with Crippen LogP contribution in [0.1, 0.15) is 21.5 Å². The van der Waals surface area contributed by atoms with Crippen molar-refractivity contribution in [1.29, 1.82) is 0 Å². The molecule has 4 aromatic rings. The second-order valence-electron chi connectivity index (χ2n) is 6.93. The van der Waals surface area contributed by atoms with E-state index in [1.54, 1.807) is 25.6 Å². The van der Waals surface area contributed by atoms with Crippen molar-refractivity contribution in [2.75, 3.05) is 12.0 Å². The number of methoxy groups -OCH3 is 1. The van der Waals surface area contributed by atoms with Crippen LogP contribution >= 0.6 is 22.9 Å². The van der Waals surface area contributed by atoms with Gasteiger partial charge in [0.05, 0.1) is 33.9 Å². The van der Waals surface area contributed by atoms with Crippen molar-refractivity contribution in [3.8, 4) is 5.75 Å². The van der Waals surface area contributed by atoms with Crippen LogP contribution in [0.3, 0.4) is 0 Å². The standard InChI is InChI=1S/C22H17ClN4O4S/c1-13-5-8-18(31-2)19-20(13)32-22(25-19)26(12-14-4-3-9-24-11-14)21(28)16-10-15(27(29)30)6-7-17(16)23/h3-11H,12H2,1-2H3. The van der Waals surface area contributed by atoms with Gasteiger partial charge in [-0.2, -0.15) is 0 Å². The summed E-state index contributed by atoms with van der Waals surface area (Å²) in [7, 11) is 1.56. The zero-order chi connectivity index (χ0) is 22.8. The number of nitro benzene ring substituents is 1. The Morgan fingerprint density at radius 2 is 2.09 bits per heavy atom. The smallest absolute Gasteiger partial charge is 0.270 e. The number of carbonyl (C=O) groups excluding carboxylic acids is 1. The molecule has 0 aliphatic heterocycles. The summed E-state index contributed by atoms with van der Waals surface area (Å²) in [4.78, 5) is 34.5. The number of non-ortho nitro benzene ring substituents is 1. The van der Waals surface area contributed by atoms with Gasteiger partial charge in [-0.15, -0.1) is 0 Å². The average molecular weight is 469 g/mol. The number of carbonyl (C=O) groups is 1. The lowest BCUT2D eigenvalue weighted by Crippen LogP contribution is -2.30. The van der Waals surface area contributed by atoms with Crippen LogP contribution in [0.4, 0.5) is 10.8 Å². The third-order valence-corrected chi connectivity index (χ3v) is 6.39. The Labute approximate surface area is 192 Å². The predicted molar refractivity (Wildman–Crippen MR) is 124 cm³/mol. The van der Waals surface area contributed by atoms with Gasteiger partial charge in [-0.1, -0.05) is 35.1 Å². The molecule has 0 saturated heterocycles. The van der Waals surface area contributed by atoms with Gasteiger partial charge in [0.1, 0.15) is 11.3 Å². The second-order valence-corrected chi connectivity index (χ2v) is 8.32. The zero-order valence-electron chi connectivity index (χ0n) is 17.1. The molecule has 1 amide bonds. The van der Waals surface area contributed by atoms with E-state index in [2.05, 4.69) is 9.97 Å². The second kappa shape index (κ2) is 8.89. The lowest BCUT2D eigenvalue weighted by atomic mass is 10.1. The largest absolute Gasteiger partial charge is 0.494 e. The quantitative estimate of drug-likeness (QED) is 0.277. The number of nitro groups is 1. The highest BCUT2D eigenvalue weighted by molar-refractivity contribution is 7.22. The Bertz CT molecular complexity index is 1330. The van der Waals surface area contributed by atoms with E-state index in [9.17, 15) is 14.9 Å². The molecule has 4 rings (SSSR count). The van der Waals surface area contributed by atoms with E-state index in [4.69, 9.17) is 16.3 Å². The average Bonchev–Trinajstić information content (AvgIpc) is 3.24. The first-order valence-corrected chi connectivity index (χ1v) is 10.7. The van der Waals surface area contributed by atoms with Gasteiger partial charge < -0.3 is 4.74 Å². The number of nitrogens with zero attached hydrogens (tertiary/aromatic N) is 4. The molecule has 0 radical (unpaired) electrons. The number of thiazole rings is 1. The molecule has 0 fully saturated rings. The van der Waals surface area contributed by atoms with Crippen molar-refractivity contribution in [2.45, 2.75) is 13.5 Å². The van der Waals surface area contributed by atoms with E-state index in [0.717, 1.165) is 15.8 Å². The van der Waals surface area contributed by atoms with Crippen molar-refractivity contribution in [2.24, 2.45) is 0 Å². The molecular formula is C22H17ClN4O4S. The number of fused-ring (bicyclic) bond motifs is 1. The van der Waals surface area contributed by atoms with Crippen LogP contribution in [0, 0.1) is 17.0 Å². The summed E-state index contributed by atoms with van der Waals surface area (Å²) < 4.78 is 6.32. The molecule has 2 heterocycles. The molecule has 8 nitrogen and oxygen atoms in total. The number of halogens is 1. The van der Waals surface area contributed by atoms with Gasteiger partial charge in [0, 0.05) is 24.5 Å². The first kappa shape index (κ1) is 21.7. The summed E-state index contributed by atoms with van der Waals surface area (Å²) in [6.45, 7) is 2.11. The van der Waals surface area contributed by atoms with E-state index in [1.807, 2.05) is 25.1 Å². The Hall–Kier alpha value is -3.56. The number of hydrogen-bond donors (Lipinski definition) is 0. The van der Waals surface area contributed by atoms with Crippen molar-refractivity contribution in [3.63, 3.8) is 0 Å². The van der Waals surface area contributed by atoms with Crippen LogP contribution in [0.25, 0.3) is 10.2 Å². The molecule has 0 N–H and O–H groups in total. The van der Waals surface area contributed by atoms with Gasteiger partial charge in [-0.3, -0.25) is 24.8 Å². The lowest BCUT2D eigenvalue weighted by Gasteiger charge is -2.20. The summed E-state index contributed by atoms with van der Waals surface area (Å²) in [6.07, 6.45) is 3.29. The molecule has 0 unspecified atom stereocenters. The summed E-state index contributed by atoms with van der Waals surface area (Å²) in [5, 5.41) is 11.8. The number of ether oxygens (including phenoxy) is 1. The molecule has 2 aromatic carbocycles. The maximum absolute atomic E-state index is 13.6. The van der Waals surface area contributed by atoms with Crippen molar-refractivity contribution in [1.82, 2.24) is 9.97 Å². The Kier molecular flexibility index (Phi) is 6.02. The molecule has 0 saturated carbocycles. The molecule has 10 heteroatoms. The molecule has 0 aliphatic carbocycles. The maximum Gasteiger partial charge on any atom is 0.270 e. The molecular weight excluding hydrogens is 452 g/mol. The number of aromatic nitrogens is 2. The number of aryl methyl sites for hydroxylation is 1. The maximum atomic E-state index is 13.6. The van der Waals surface area contributed by atoms with Crippen LogP contribution in [0.2, 0.25) is 5.02 Å². The lowest BCUT2D eigenvalue weighted by molar-refractivity contribution is -0.384. The summed E-state index contributed by atoms with van der Waals surface area (Å²) in [6, 6.07) is 11.1. The topological polar surface area (TPSA) is 98.5 Å². The summed E-state index contributed by atoms with van der Waals surface area (Å²) >= 11 is 7.60. The number of pyridine rings is 1. The van der Waals surface area contributed by atoms with Crippen molar-refractivity contribution >= 4 is 49.9 Å². The van der Waals surface area contributed by atoms with Crippen LogP contribution in [0.5, 0.6) is 5.75 Å². The molecule has 0 atom stereocenters. The van der Waals surface area contributed by atoms with Crippen LogP contribution < -0.4 is 9.64 Å². The summed E-state index contributed by atoms with van der Waals surface area (Å²) in [5.74, 6) is 0.0912. The van der Waals surface area contributed by atoms with Gasteiger partial charge in [-0.25, -0.2) is 4.98 Å². The molecule has 0 bridgehead atoms.